The number of rotatable bonds is 6. The van der Waals surface area contributed by atoms with E-state index in [1.165, 1.54) is 0 Å². The van der Waals surface area contributed by atoms with Gasteiger partial charge in [0.2, 0.25) is 5.91 Å². The van der Waals surface area contributed by atoms with Crippen LogP contribution in [-0.2, 0) is 11.3 Å². The van der Waals surface area contributed by atoms with Gasteiger partial charge in [-0.3, -0.25) is 10.1 Å². The lowest BCUT2D eigenvalue weighted by atomic mass is 10.2. The predicted octanol–water partition coefficient (Wildman–Crippen LogP) is 2.77. The number of carbonyl (C=O) groups excluding carboxylic acids is 1. The van der Waals surface area contributed by atoms with Gasteiger partial charge in [0.15, 0.2) is 11.5 Å². The summed E-state index contributed by atoms with van der Waals surface area (Å²) < 4.78 is 11.1. The summed E-state index contributed by atoms with van der Waals surface area (Å²) in [5.74, 6) is 3.81. The summed E-state index contributed by atoms with van der Waals surface area (Å²) in [7, 11) is 1.62. The van der Waals surface area contributed by atoms with Gasteiger partial charge in [-0.2, -0.15) is 0 Å². The Labute approximate surface area is 145 Å². The summed E-state index contributed by atoms with van der Waals surface area (Å²) in [5.41, 5.74) is 1.03. The maximum atomic E-state index is 12.0. The van der Waals surface area contributed by atoms with Crippen molar-refractivity contribution in [3.05, 3.63) is 54.1 Å². The molecule has 0 aliphatic carbocycles. The SMILES string of the molecule is COc1ccccc1Oc1ccc(CNC(=O)C2CSCN2)cc1. The van der Waals surface area contributed by atoms with Crippen LogP contribution in [0.4, 0.5) is 0 Å². The Bertz CT molecular complexity index is 685. The molecule has 2 aromatic rings. The van der Waals surface area contributed by atoms with E-state index in [0.29, 0.717) is 18.0 Å². The molecule has 1 saturated heterocycles. The largest absolute Gasteiger partial charge is 0.493 e. The number of nitrogens with one attached hydrogen (secondary N) is 2. The van der Waals surface area contributed by atoms with Gasteiger partial charge in [0.05, 0.1) is 13.2 Å². The second-order valence-corrected chi connectivity index (χ2v) is 6.42. The lowest BCUT2D eigenvalue weighted by molar-refractivity contribution is -0.122. The number of thioether (sulfide) groups is 1. The van der Waals surface area contributed by atoms with Crippen LogP contribution >= 0.6 is 11.8 Å². The molecule has 0 radical (unpaired) electrons. The molecular weight excluding hydrogens is 324 g/mol. The van der Waals surface area contributed by atoms with Gasteiger partial charge in [0, 0.05) is 18.2 Å². The molecule has 0 bridgehead atoms. The lowest BCUT2D eigenvalue weighted by Crippen LogP contribution is -2.41. The first-order chi connectivity index (χ1) is 11.8. The third-order valence-electron chi connectivity index (χ3n) is 3.72. The summed E-state index contributed by atoms with van der Waals surface area (Å²) in [5, 5.41) is 6.11. The van der Waals surface area contributed by atoms with E-state index in [4.69, 9.17) is 9.47 Å². The van der Waals surface area contributed by atoms with Gasteiger partial charge < -0.3 is 14.8 Å². The number of hydrogen-bond acceptors (Lipinski definition) is 5. The molecule has 24 heavy (non-hydrogen) atoms. The van der Waals surface area contributed by atoms with E-state index in [9.17, 15) is 4.79 Å². The minimum atomic E-state index is -0.0804. The highest BCUT2D eigenvalue weighted by Crippen LogP contribution is 2.30. The molecule has 126 valence electrons. The monoisotopic (exact) mass is 344 g/mol. The van der Waals surface area contributed by atoms with Crippen molar-refractivity contribution in [2.24, 2.45) is 0 Å². The quantitative estimate of drug-likeness (QED) is 0.844. The molecule has 1 aliphatic rings. The van der Waals surface area contributed by atoms with Crippen molar-refractivity contribution in [2.75, 3.05) is 18.7 Å². The molecule has 5 nitrogen and oxygen atoms in total. The van der Waals surface area contributed by atoms with E-state index in [1.807, 2.05) is 48.5 Å². The molecule has 1 heterocycles. The van der Waals surface area contributed by atoms with Crippen molar-refractivity contribution in [2.45, 2.75) is 12.6 Å². The minimum Gasteiger partial charge on any atom is -0.493 e. The molecular formula is C18H20N2O3S. The topological polar surface area (TPSA) is 59.6 Å². The van der Waals surface area contributed by atoms with E-state index in [0.717, 1.165) is 22.9 Å². The normalized spacial score (nSPS) is 16.6. The van der Waals surface area contributed by atoms with E-state index < -0.39 is 0 Å². The van der Waals surface area contributed by atoms with Crippen LogP contribution < -0.4 is 20.1 Å². The molecule has 1 fully saturated rings. The van der Waals surface area contributed by atoms with Crippen LogP contribution in [0.3, 0.4) is 0 Å². The number of methoxy groups -OCH3 is 1. The molecule has 1 atom stereocenters. The third kappa shape index (κ3) is 4.21. The Morgan fingerprint density at radius 2 is 1.96 bits per heavy atom. The van der Waals surface area contributed by atoms with Crippen molar-refractivity contribution in [3.63, 3.8) is 0 Å². The van der Waals surface area contributed by atoms with Crippen molar-refractivity contribution < 1.29 is 14.3 Å². The number of hydrogen-bond donors (Lipinski definition) is 2. The van der Waals surface area contributed by atoms with E-state index >= 15 is 0 Å². The number of ether oxygens (including phenoxy) is 2. The highest BCUT2D eigenvalue weighted by molar-refractivity contribution is 7.99. The first-order valence-electron chi connectivity index (χ1n) is 7.75. The second-order valence-electron chi connectivity index (χ2n) is 5.39. The Kier molecular flexibility index (Phi) is 5.61. The van der Waals surface area contributed by atoms with Crippen LogP contribution in [0.5, 0.6) is 17.2 Å². The highest BCUT2D eigenvalue weighted by atomic mass is 32.2. The molecule has 2 aromatic carbocycles. The second kappa shape index (κ2) is 8.08. The van der Waals surface area contributed by atoms with Gasteiger partial charge in [-0.25, -0.2) is 0 Å². The molecule has 0 saturated carbocycles. The van der Waals surface area contributed by atoms with E-state index in [1.54, 1.807) is 18.9 Å². The fourth-order valence-corrected chi connectivity index (χ4v) is 3.32. The number of amides is 1. The van der Waals surface area contributed by atoms with E-state index in [-0.39, 0.29) is 11.9 Å². The Morgan fingerprint density at radius 3 is 2.62 bits per heavy atom. The van der Waals surface area contributed by atoms with Crippen LogP contribution in [-0.4, -0.2) is 30.7 Å². The van der Waals surface area contributed by atoms with Crippen LogP contribution in [0, 0.1) is 0 Å². The Hall–Kier alpha value is -2.18. The zero-order valence-electron chi connectivity index (χ0n) is 13.5. The molecule has 6 heteroatoms. The van der Waals surface area contributed by atoms with Crippen LogP contribution in [0.1, 0.15) is 5.56 Å². The summed E-state index contributed by atoms with van der Waals surface area (Å²) in [6, 6.07) is 15.1. The average molecular weight is 344 g/mol. The third-order valence-corrected chi connectivity index (χ3v) is 4.66. The minimum absolute atomic E-state index is 0.0503. The average Bonchev–Trinajstić information content (AvgIpc) is 3.16. The molecule has 1 amide bonds. The molecule has 1 aliphatic heterocycles. The number of para-hydroxylation sites is 2. The van der Waals surface area contributed by atoms with Gasteiger partial charge in [-0.15, -0.1) is 11.8 Å². The molecule has 2 N–H and O–H groups in total. The van der Waals surface area contributed by atoms with Crippen LogP contribution in [0.2, 0.25) is 0 Å². The van der Waals surface area contributed by atoms with Crippen LogP contribution in [0.25, 0.3) is 0 Å². The zero-order valence-corrected chi connectivity index (χ0v) is 14.3. The molecule has 3 rings (SSSR count). The predicted molar refractivity (Wildman–Crippen MR) is 95.6 cm³/mol. The summed E-state index contributed by atoms with van der Waals surface area (Å²) in [6.45, 7) is 0.511. The first-order valence-corrected chi connectivity index (χ1v) is 8.90. The van der Waals surface area contributed by atoms with Crippen molar-refractivity contribution >= 4 is 17.7 Å². The van der Waals surface area contributed by atoms with Gasteiger partial charge in [0.1, 0.15) is 5.75 Å². The standard InChI is InChI=1S/C18H20N2O3S/c1-22-16-4-2-3-5-17(16)23-14-8-6-13(7-9-14)10-19-18(21)15-11-24-12-20-15/h2-9,15,20H,10-12H2,1H3,(H,19,21). The summed E-state index contributed by atoms with van der Waals surface area (Å²) in [6.07, 6.45) is 0. The maximum Gasteiger partial charge on any atom is 0.238 e. The highest BCUT2D eigenvalue weighted by Gasteiger charge is 2.21. The van der Waals surface area contributed by atoms with Crippen LogP contribution in [0.15, 0.2) is 48.5 Å². The van der Waals surface area contributed by atoms with Gasteiger partial charge in [-0.1, -0.05) is 24.3 Å². The van der Waals surface area contributed by atoms with Crippen molar-refractivity contribution in [3.8, 4) is 17.2 Å². The lowest BCUT2D eigenvalue weighted by Gasteiger charge is -2.12. The number of carbonyl (C=O) groups is 1. The molecule has 1 unspecified atom stereocenters. The first kappa shape index (κ1) is 16.7. The maximum absolute atomic E-state index is 12.0. The van der Waals surface area contributed by atoms with Crippen molar-refractivity contribution in [1.82, 2.24) is 10.6 Å². The van der Waals surface area contributed by atoms with Crippen molar-refractivity contribution in [1.29, 1.82) is 0 Å². The van der Waals surface area contributed by atoms with E-state index in [2.05, 4.69) is 10.6 Å². The molecule has 0 aromatic heterocycles. The van der Waals surface area contributed by atoms with Gasteiger partial charge >= 0.3 is 0 Å². The smallest absolute Gasteiger partial charge is 0.238 e. The summed E-state index contributed by atoms with van der Waals surface area (Å²) >= 11 is 1.74. The van der Waals surface area contributed by atoms with Gasteiger partial charge in [-0.05, 0) is 29.8 Å². The van der Waals surface area contributed by atoms with Gasteiger partial charge in [0.25, 0.3) is 0 Å². The fraction of sp³-hybridized carbons (Fsp3) is 0.278. The fourth-order valence-electron chi connectivity index (χ4n) is 2.38. The Morgan fingerprint density at radius 1 is 1.21 bits per heavy atom. The number of benzene rings is 2. The molecule has 0 spiro atoms. The zero-order chi connectivity index (χ0) is 16.8. The summed E-state index contributed by atoms with van der Waals surface area (Å²) in [4.78, 5) is 12.0. The Balaban J connectivity index is 1.56.